The van der Waals surface area contributed by atoms with E-state index in [-0.39, 0.29) is 0 Å². The molecule has 0 bridgehead atoms. The van der Waals surface area contributed by atoms with E-state index in [2.05, 4.69) is 83.3 Å². The van der Waals surface area contributed by atoms with Crippen molar-refractivity contribution >= 4 is 0 Å². The summed E-state index contributed by atoms with van der Waals surface area (Å²) in [6.07, 6.45) is 0. The van der Waals surface area contributed by atoms with Gasteiger partial charge in [-0.1, -0.05) is 0 Å². The van der Waals surface area contributed by atoms with Crippen LogP contribution < -0.4 is 0 Å². The quantitative estimate of drug-likeness (QED) is 0.719. The first-order chi connectivity index (χ1) is 12.0. The van der Waals surface area contributed by atoms with Crippen LogP contribution in [0.2, 0.25) is 0 Å². The molecule has 6 nitrogen and oxygen atoms in total. The summed E-state index contributed by atoms with van der Waals surface area (Å²) in [5.41, 5.74) is 10.1. The van der Waals surface area contributed by atoms with E-state index in [0.717, 1.165) is 34.2 Å². The standard InChI is InChI=1S/C20H30N6/c1-11-14(4)21-24(17(11)7)20(10,25-18(8)12(2)15(5)22-25)26-19(9)13(3)16(6)23-26/h1-10H3. The lowest BCUT2D eigenvalue weighted by Gasteiger charge is -2.34. The lowest BCUT2D eigenvalue weighted by atomic mass is 10.2. The van der Waals surface area contributed by atoms with Crippen molar-refractivity contribution in [2.24, 2.45) is 0 Å². The van der Waals surface area contributed by atoms with Crippen LogP contribution in [0.3, 0.4) is 0 Å². The van der Waals surface area contributed by atoms with E-state index < -0.39 is 5.79 Å². The van der Waals surface area contributed by atoms with Crippen molar-refractivity contribution in [1.82, 2.24) is 29.3 Å². The third-order valence-electron chi connectivity index (χ3n) is 6.16. The molecule has 3 aromatic rings. The second kappa shape index (κ2) is 5.83. The Morgan fingerprint density at radius 3 is 0.885 bits per heavy atom. The minimum Gasteiger partial charge on any atom is -0.222 e. The molecule has 26 heavy (non-hydrogen) atoms. The molecule has 0 unspecified atom stereocenters. The Hall–Kier alpha value is -2.37. The van der Waals surface area contributed by atoms with E-state index >= 15 is 0 Å². The molecule has 3 rings (SSSR count). The highest BCUT2D eigenvalue weighted by molar-refractivity contribution is 5.29. The van der Waals surface area contributed by atoms with E-state index in [9.17, 15) is 0 Å². The lowest BCUT2D eigenvalue weighted by Crippen LogP contribution is -2.49. The van der Waals surface area contributed by atoms with Gasteiger partial charge in [0, 0.05) is 24.0 Å². The number of hydrogen-bond donors (Lipinski definition) is 0. The Morgan fingerprint density at radius 2 is 0.731 bits per heavy atom. The molecular weight excluding hydrogens is 324 g/mol. The maximum Gasteiger partial charge on any atom is 0.246 e. The lowest BCUT2D eigenvalue weighted by molar-refractivity contribution is 0.130. The Labute approximate surface area is 155 Å². The molecule has 0 atom stereocenters. The average Bonchev–Trinajstić information content (AvgIpc) is 3.13. The van der Waals surface area contributed by atoms with Crippen LogP contribution in [0.15, 0.2) is 0 Å². The van der Waals surface area contributed by atoms with Gasteiger partial charge in [0.05, 0.1) is 17.1 Å². The Morgan fingerprint density at radius 1 is 0.500 bits per heavy atom. The summed E-state index contributed by atoms with van der Waals surface area (Å²) in [4.78, 5) is 0. The third kappa shape index (κ3) is 2.27. The van der Waals surface area contributed by atoms with E-state index in [1.807, 2.05) is 0 Å². The van der Waals surface area contributed by atoms with Gasteiger partial charge in [-0.05, 0) is 79.0 Å². The molecule has 140 valence electrons. The van der Waals surface area contributed by atoms with Crippen LogP contribution in [0.1, 0.15) is 57.8 Å². The summed E-state index contributed by atoms with van der Waals surface area (Å²) >= 11 is 0. The van der Waals surface area contributed by atoms with Gasteiger partial charge in [0.15, 0.2) is 0 Å². The molecule has 6 heteroatoms. The first-order valence-corrected chi connectivity index (χ1v) is 9.11. The molecule has 0 amide bonds. The van der Waals surface area contributed by atoms with Crippen LogP contribution in [-0.2, 0) is 5.79 Å². The molecule has 0 aliphatic rings. The maximum absolute atomic E-state index is 4.89. The van der Waals surface area contributed by atoms with Gasteiger partial charge < -0.3 is 0 Å². The summed E-state index contributed by atoms with van der Waals surface area (Å²) < 4.78 is 6.19. The van der Waals surface area contributed by atoms with E-state index in [1.165, 1.54) is 16.7 Å². The summed E-state index contributed by atoms with van der Waals surface area (Å²) in [6.45, 7) is 21.0. The number of hydrogen-bond acceptors (Lipinski definition) is 3. The normalized spacial score (nSPS) is 12.2. The summed E-state index contributed by atoms with van der Waals surface area (Å²) in [6, 6.07) is 0. The molecule has 0 N–H and O–H groups in total. The van der Waals surface area contributed by atoms with Gasteiger partial charge in [-0.15, -0.1) is 0 Å². The number of rotatable bonds is 3. The van der Waals surface area contributed by atoms with Gasteiger partial charge in [0.2, 0.25) is 5.79 Å². The van der Waals surface area contributed by atoms with Crippen LogP contribution in [0.25, 0.3) is 0 Å². The van der Waals surface area contributed by atoms with Crippen LogP contribution in [0, 0.1) is 62.3 Å². The summed E-state index contributed by atoms with van der Waals surface area (Å²) in [5, 5.41) is 14.7. The van der Waals surface area contributed by atoms with E-state index in [1.54, 1.807) is 0 Å². The van der Waals surface area contributed by atoms with Crippen molar-refractivity contribution in [3.63, 3.8) is 0 Å². The van der Waals surface area contributed by atoms with E-state index in [4.69, 9.17) is 15.3 Å². The van der Waals surface area contributed by atoms with E-state index in [0.29, 0.717) is 0 Å². The zero-order valence-electron chi connectivity index (χ0n) is 17.7. The van der Waals surface area contributed by atoms with Crippen molar-refractivity contribution in [3.8, 4) is 0 Å². The molecule has 0 aliphatic carbocycles. The zero-order chi connectivity index (χ0) is 19.5. The molecule has 0 saturated carbocycles. The fourth-order valence-electron chi connectivity index (χ4n) is 3.67. The molecule has 0 spiro atoms. The van der Waals surface area contributed by atoms with Crippen LogP contribution >= 0.6 is 0 Å². The van der Waals surface area contributed by atoms with Crippen molar-refractivity contribution in [2.45, 2.75) is 75.0 Å². The summed E-state index contributed by atoms with van der Waals surface area (Å²) in [5.74, 6) is -0.699. The predicted molar refractivity (Wildman–Crippen MR) is 104 cm³/mol. The van der Waals surface area contributed by atoms with Crippen LogP contribution in [0.4, 0.5) is 0 Å². The SMILES string of the molecule is Cc1nn(C(C)(n2nc(C)c(C)c2C)n2nc(C)c(C)c2C)c(C)c1C. The fraction of sp³-hybridized carbons (Fsp3) is 0.550. The van der Waals surface area contributed by atoms with Crippen molar-refractivity contribution < 1.29 is 0 Å². The van der Waals surface area contributed by atoms with Crippen molar-refractivity contribution in [2.75, 3.05) is 0 Å². The largest absolute Gasteiger partial charge is 0.246 e. The number of aryl methyl sites for hydroxylation is 3. The predicted octanol–water partition coefficient (Wildman–Crippen LogP) is 3.78. The Balaban J connectivity index is 2.44. The molecule has 0 radical (unpaired) electrons. The van der Waals surface area contributed by atoms with Gasteiger partial charge >= 0.3 is 0 Å². The van der Waals surface area contributed by atoms with Gasteiger partial charge in [-0.3, -0.25) is 0 Å². The fourth-order valence-corrected chi connectivity index (χ4v) is 3.67. The molecule has 0 fully saturated rings. The summed E-state index contributed by atoms with van der Waals surface area (Å²) in [7, 11) is 0. The Kier molecular flexibility index (Phi) is 4.13. The number of nitrogens with zero attached hydrogens (tertiary/aromatic N) is 6. The minimum absolute atomic E-state index is 0.699. The molecule has 3 heterocycles. The third-order valence-corrected chi connectivity index (χ3v) is 6.16. The minimum atomic E-state index is -0.699. The first-order valence-electron chi connectivity index (χ1n) is 9.11. The zero-order valence-corrected chi connectivity index (χ0v) is 17.7. The van der Waals surface area contributed by atoms with Gasteiger partial charge in [-0.2, -0.15) is 15.3 Å². The molecule has 0 aliphatic heterocycles. The molecule has 0 saturated heterocycles. The Bertz CT molecular complexity index is 872. The molecule has 0 aromatic carbocycles. The highest BCUT2D eigenvalue weighted by Crippen LogP contribution is 2.30. The first kappa shape index (κ1) is 18.4. The van der Waals surface area contributed by atoms with Crippen molar-refractivity contribution in [1.29, 1.82) is 0 Å². The molecule has 3 aromatic heterocycles. The topological polar surface area (TPSA) is 53.5 Å². The van der Waals surface area contributed by atoms with Crippen LogP contribution in [-0.4, -0.2) is 29.3 Å². The highest BCUT2D eigenvalue weighted by atomic mass is 15.6. The average molecular weight is 355 g/mol. The molecular formula is C20H30N6. The van der Waals surface area contributed by atoms with Crippen molar-refractivity contribution in [3.05, 3.63) is 50.9 Å². The van der Waals surface area contributed by atoms with Gasteiger partial charge in [0.25, 0.3) is 0 Å². The monoisotopic (exact) mass is 354 g/mol. The van der Waals surface area contributed by atoms with Gasteiger partial charge in [-0.25, -0.2) is 14.0 Å². The highest BCUT2D eigenvalue weighted by Gasteiger charge is 2.39. The van der Waals surface area contributed by atoms with Crippen LogP contribution in [0.5, 0.6) is 0 Å². The second-order valence-electron chi connectivity index (χ2n) is 7.59. The van der Waals surface area contributed by atoms with Gasteiger partial charge in [0.1, 0.15) is 0 Å². The number of aromatic nitrogens is 6. The second-order valence-corrected chi connectivity index (χ2v) is 7.59. The smallest absolute Gasteiger partial charge is 0.222 e. The maximum atomic E-state index is 4.89.